The number of aromatic nitrogens is 3. The Kier molecular flexibility index (Phi) is 5.79. The van der Waals surface area contributed by atoms with Gasteiger partial charge in [0.1, 0.15) is 9.71 Å². The minimum Gasteiger partial charge on any atom is -0.326 e. The number of hydrogen-bond donors (Lipinski definition) is 1. The van der Waals surface area contributed by atoms with Crippen LogP contribution in [0.25, 0.3) is 10.2 Å². The van der Waals surface area contributed by atoms with Crippen LogP contribution in [0, 0.1) is 6.92 Å². The third kappa shape index (κ3) is 4.58. The SMILES string of the molecule is Cc1ccc(NC(=O)Cc2nc(CSc3nc4ccsc4c(=O)n3C)cs2)cc1. The molecule has 4 rings (SSSR count). The van der Waals surface area contributed by atoms with E-state index in [2.05, 4.69) is 15.3 Å². The number of thiophene rings is 1. The number of benzene rings is 1. The zero-order valence-corrected chi connectivity index (χ0v) is 18.3. The third-order valence-electron chi connectivity index (χ3n) is 4.24. The van der Waals surface area contributed by atoms with Crippen LogP contribution in [0.4, 0.5) is 5.69 Å². The Bertz CT molecular complexity index is 1220. The van der Waals surface area contributed by atoms with Crippen LogP contribution in [-0.4, -0.2) is 20.4 Å². The number of thiazole rings is 1. The van der Waals surface area contributed by atoms with Crippen molar-refractivity contribution in [1.82, 2.24) is 14.5 Å². The molecule has 3 heterocycles. The molecule has 4 aromatic rings. The molecule has 29 heavy (non-hydrogen) atoms. The smallest absolute Gasteiger partial charge is 0.271 e. The molecule has 0 atom stereocenters. The first-order valence-corrected chi connectivity index (χ1v) is 11.6. The van der Waals surface area contributed by atoms with Crippen molar-refractivity contribution >= 4 is 56.2 Å². The summed E-state index contributed by atoms with van der Waals surface area (Å²) < 4.78 is 2.25. The lowest BCUT2D eigenvalue weighted by Gasteiger charge is -2.06. The quantitative estimate of drug-likeness (QED) is 0.357. The van der Waals surface area contributed by atoms with Gasteiger partial charge in [0.15, 0.2) is 5.16 Å². The van der Waals surface area contributed by atoms with Gasteiger partial charge in [-0.2, -0.15) is 0 Å². The summed E-state index contributed by atoms with van der Waals surface area (Å²) in [7, 11) is 1.73. The molecule has 0 radical (unpaired) electrons. The zero-order chi connectivity index (χ0) is 20.4. The summed E-state index contributed by atoms with van der Waals surface area (Å²) in [6.45, 7) is 2.01. The lowest BCUT2D eigenvalue weighted by Crippen LogP contribution is -2.18. The van der Waals surface area contributed by atoms with E-state index in [1.807, 2.05) is 48.0 Å². The Morgan fingerprint density at radius 3 is 2.76 bits per heavy atom. The van der Waals surface area contributed by atoms with Gasteiger partial charge in [-0.15, -0.1) is 22.7 Å². The number of amides is 1. The Morgan fingerprint density at radius 1 is 1.17 bits per heavy atom. The largest absolute Gasteiger partial charge is 0.326 e. The molecule has 0 bridgehead atoms. The van der Waals surface area contributed by atoms with Crippen molar-refractivity contribution in [2.24, 2.45) is 7.05 Å². The normalized spacial score (nSPS) is 11.1. The molecule has 9 heteroatoms. The number of carbonyl (C=O) groups is 1. The highest BCUT2D eigenvalue weighted by molar-refractivity contribution is 7.98. The summed E-state index contributed by atoms with van der Waals surface area (Å²) in [6, 6.07) is 9.56. The maximum absolute atomic E-state index is 12.4. The molecule has 6 nitrogen and oxygen atoms in total. The molecule has 0 aliphatic heterocycles. The van der Waals surface area contributed by atoms with Gasteiger partial charge in [0, 0.05) is 23.9 Å². The summed E-state index contributed by atoms with van der Waals surface area (Å²) >= 11 is 4.34. The Labute approximate surface area is 179 Å². The molecule has 0 fully saturated rings. The molecule has 148 valence electrons. The van der Waals surface area contributed by atoms with Crippen molar-refractivity contribution in [3.63, 3.8) is 0 Å². The molecule has 0 aliphatic rings. The molecule has 0 saturated heterocycles. The van der Waals surface area contributed by atoms with Gasteiger partial charge in [-0.25, -0.2) is 9.97 Å². The third-order valence-corrected chi connectivity index (χ3v) is 7.09. The number of carbonyl (C=O) groups excluding carboxylic acids is 1. The Balaban J connectivity index is 1.38. The van der Waals surface area contributed by atoms with Crippen molar-refractivity contribution in [2.45, 2.75) is 24.3 Å². The summed E-state index contributed by atoms with van der Waals surface area (Å²) in [5, 5.41) is 8.14. The van der Waals surface area contributed by atoms with E-state index in [0.29, 0.717) is 15.6 Å². The van der Waals surface area contributed by atoms with Crippen molar-refractivity contribution in [3.05, 3.63) is 67.7 Å². The molecule has 0 saturated carbocycles. The topological polar surface area (TPSA) is 76.9 Å². The van der Waals surface area contributed by atoms with Crippen LogP contribution in [0.1, 0.15) is 16.3 Å². The summed E-state index contributed by atoms with van der Waals surface area (Å²) in [6.07, 6.45) is 0.237. The van der Waals surface area contributed by atoms with Crippen molar-refractivity contribution in [1.29, 1.82) is 0 Å². The fourth-order valence-electron chi connectivity index (χ4n) is 2.71. The predicted octanol–water partition coefficient (Wildman–Crippen LogP) is 4.23. The van der Waals surface area contributed by atoms with Crippen LogP contribution < -0.4 is 10.9 Å². The molecular weight excluding hydrogens is 424 g/mol. The monoisotopic (exact) mass is 442 g/mol. The highest BCUT2D eigenvalue weighted by Crippen LogP contribution is 2.24. The minimum atomic E-state index is -0.0885. The van der Waals surface area contributed by atoms with Gasteiger partial charge in [-0.3, -0.25) is 14.2 Å². The lowest BCUT2D eigenvalue weighted by atomic mass is 10.2. The van der Waals surface area contributed by atoms with Crippen molar-refractivity contribution in [3.8, 4) is 0 Å². The molecule has 3 aromatic heterocycles. The van der Waals surface area contributed by atoms with E-state index in [1.54, 1.807) is 11.6 Å². The van der Waals surface area contributed by atoms with Crippen LogP contribution in [0.3, 0.4) is 0 Å². The predicted molar refractivity (Wildman–Crippen MR) is 120 cm³/mol. The van der Waals surface area contributed by atoms with Gasteiger partial charge < -0.3 is 5.32 Å². The van der Waals surface area contributed by atoms with Gasteiger partial charge in [0.2, 0.25) is 5.91 Å². The van der Waals surface area contributed by atoms with E-state index in [4.69, 9.17) is 0 Å². The zero-order valence-electron chi connectivity index (χ0n) is 15.8. The fourth-order valence-corrected chi connectivity index (χ4v) is 5.28. The van der Waals surface area contributed by atoms with Crippen LogP contribution in [-0.2, 0) is 24.0 Å². The van der Waals surface area contributed by atoms with E-state index in [1.165, 1.54) is 34.4 Å². The van der Waals surface area contributed by atoms with E-state index in [0.717, 1.165) is 27.5 Å². The second kappa shape index (κ2) is 8.48. The molecular formula is C20H18N4O2S3. The first-order chi connectivity index (χ1) is 14.0. The van der Waals surface area contributed by atoms with Crippen molar-refractivity contribution in [2.75, 3.05) is 5.32 Å². The summed E-state index contributed by atoms with van der Waals surface area (Å²) in [5.74, 6) is 0.501. The highest BCUT2D eigenvalue weighted by atomic mass is 32.2. The van der Waals surface area contributed by atoms with Crippen LogP contribution in [0.2, 0.25) is 0 Å². The average Bonchev–Trinajstić information content (AvgIpc) is 3.34. The molecule has 0 unspecified atom stereocenters. The highest BCUT2D eigenvalue weighted by Gasteiger charge is 2.12. The number of fused-ring (bicyclic) bond motifs is 1. The van der Waals surface area contributed by atoms with E-state index >= 15 is 0 Å². The lowest BCUT2D eigenvalue weighted by molar-refractivity contribution is -0.115. The van der Waals surface area contributed by atoms with Gasteiger partial charge in [-0.05, 0) is 30.5 Å². The van der Waals surface area contributed by atoms with Crippen molar-refractivity contribution < 1.29 is 4.79 Å². The van der Waals surface area contributed by atoms with Crippen LogP contribution in [0.15, 0.2) is 51.0 Å². The molecule has 1 aromatic carbocycles. The molecule has 1 N–H and O–H groups in total. The molecule has 0 spiro atoms. The number of nitrogens with one attached hydrogen (secondary N) is 1. The van der Waals surface area contributed by atoms with Gasteiger partial charge in [-0.1, -0.05) is 29.5 Å². The van der Waals surface area contributed by atoms with Gasteiger partial charge >= 0.3 is 0 Å². The summed E-state index contributed by atoms with van der Waals surface area (Å²) in [4.78, 5) is 33.7. The molecule has 0 aliphatic carbocycles. The van der Waals surface area contributed by atoms with E-state index in [-0.39, 0.29) is 17.9 Å². The average molecular weight is 443 g/mol. The number of hydrogen-bond acceptors (Lipinski definition) is 7. The fraction of sp³-hybridized carbons (Fsp3) is 0.200. The maximum Gasteiger partial charge on any atom is 0.271 e. The standard InChI is InChI=1S/C20H18N4O2S3/c1-12-3-5-13(6-4-12)21-16(25)9-17-22-14(10-28-17)11-29-20-23-15-7-8-27-18(15)19(26)24(20)2/h3-8,10H,9,11H2,1-2H3,(H,21,25). The number of rotatable bonds is 6. The maximum atomic E-state index is 12.4. The first-order valence-electron chi connectivity index (χ1n) is 8.86. The number of nitrogens with zero attached hydrogens (tertiary/aromatic N) is 3. The molecule has 1 amide bonds. The number of anilines is 1. The van der Waals surface area contributed by atoms with E-state index < -0.39 is 0 Å². The second-order valence-electron chi connectivity index (χ2n) is 6.51. The Morgan fingerprint density at radius 2 is 1.97 bits per heavy atom. The number of thioether (sulfide) groups is 1. The Hall–Kier alpha value is -2.49. The van der Waals surface area contributed by atoms with E-state index in [9.17, 15) is 9.59 Å². The van der Waals surface area contributed by atoms with Gasteiger partial charge in [0.05, 0.1) is 17.6 Å². The minimum absolute atomic E-state index is 0.0285. The van der Waals surface area contributed by atoms with Crippen LogP contribution in [0.5, 0.6) is 0 Å². The summed E-state index contributed by atoms with van der Waals surface area (Å²) in [5.41, 5.74) is 3.50. The van der Waals surface area contributed by atoms with Gasteiger partial charge in [0.25, 0.3) is 5.56 Å². The second-order valence-corrected chi connectivity index (χ2v) is 9.31. The first kappa shape index (κ1) is 19.8. The van der Waals surface area contributed by atoms with Crippen LogP contribution >= 0.6 is 34.4 Å². The number of aryl methyl sites for hydroxylation is 1.